The SMILES string of the molecule is COc1ccc(CC(O)c2c(C)cc(F)cc2C)cc1. The lowest BCUT2D eigenvalue weighted by Crippen LogP contribution is -2.07. The standard InChI is InChI=1S/C17H19FO2/c1-11-8-14(18)9-12(2)17(11)16(19)10-13-4-6-15(20-3)7-5-13/h4-9,16,19H,10H2,1-3H3. The second kappa shape index (κ2) is 6.06. The highest BCUT2D eigenvalue weighted by molar-refractivity contribution is 5.37. The molecule has 0 aliphatic carbocycles. The van der Waals surface area contributed by atoms with Gasteiger partial charge in [0, 0.05) is 6.42 Å². The van der Waals surface area contributed by atoms with Gasteiger partial charge in [-0.3, -0.25) is 0 Å². The average Bonchev–Trinajstić information content (AvgIpc) is 2.38. The van der Waals surface area contributed by atoms with E-state index in [-0.39, 0.29) is 5.82 Å². The summed E-state index contributed by atoms with van der Waals surface area (Å²) < 4.78 is 18.4. The number of aryl methyl sites for hydroxylation is 2. The monoisotopic (exact) mass is 274 g/mol. The average molecular weight is 274 g/mol. The van der Waals surface area contributed by atoms with Gasteiger partial charge >= 0.3 is 0 Å². The molecule has 0 heterocycles. The molecule has 0 saturated heterocycles. The van der Waals surface area contributed by atoms with Gasteiger partial charge in [-0.15, -0.1) is 0 Å². The van der Waals surface area contributed by atoms with Crippen molar-refractivity contribution in [3.8, 4) is 5.75 Å². The second-order valence-corrected chi connectivity index (χ2v) is 5.02. The number of hydrogen-bond acceptors (Lipinski definition) is 2. The quantitative estimate of drug-likeness (QED) is 0.920. The molecule has 2 aromatic carbocycles. The van der Waals surface area contributed by atoms with Crippen LogP contribution in [0.2, 0.25) is 0 Å². The van der Waals surface area contributed by atoms with Crippen molar-refractivity contribution in [3.05, 3.63) is 64.5 Å². The van der Waals surface area contributed by atoms with Crippen molar-refractivity contribution in [1.29, 1.82) is 0 Å². The van der Waals surface area contributed by atoms with Crippen LogP contribution in [0.5, 0.6) is 5.75 Å². The molecular formula is C17H19FO2. The Morgan fingerprint density at radius 1 is 1.10 bits per heavy atom. The molecule has 2 aromatic rings. The fourth-order valence-corrected chi connectivity index (χ4v) is 2.53. The Balaban J connectivity index is 2.21. The molecular weight excluding hydrogens is 255 g/mol. The molecule has 0 spiro atoms. The maximum Gasteiger partial charge on any atom is 0.123 e. The summed E-state index contributed by atoms with van der Waals surface area (Å²) in [4.78, 5) is 0. The summed E-state index contributed by atoms with van der Waals surface area (Å²) in [7, 11) is 1.62. The van der Waals surface area contributed by atoms with Crippen molar-refractivity contribution in [1.82, 2.24) is 0 Å². The first-order chi connectivity index (χ1) is 9.51. The van der Waals surface area contributed by atoms with Crippen LogP contribution in [0.25, 0.3) is 0 Å². The van der Waals surface area contributed by atoms with Crippen LogP contribution in [-0.2, 0) is 6.42 Å². The van der Waals surface area contributed by atoms with Gasteiger partial charge in [0.1, 0.15) is 11.6 Å². The van der Waals surface area contributed by atoms with Crippen molar-refractivity contribution < 1.29 is 14.2 Å². The normalized spacial score (nSPS) is 12.2. The molecule has 0 aliphatic rings. The van der Waals surface area contributed by atoms with Crippen LogP contribution in [-0.4, -0.2) is 12.2 Å². The van der Waals surface area contributed by atoms with E-state index in [1.165, 1.54) is 12.1 Å². The van der Waals surface area contributed by atoms with Crippen molar-refractivity contribution in [3.63, 3.8) is 0 Å². The maximum absolute atomic E-state index is 13.3. The zero-order chi connectivity index (χ0) is 14.7. The van der Waals surface area contributed by atoms with E-state index >= 15 is 0 Å². The molecule has 20 heavy (non-hydrogen) atoms. The molecule has 0 aromatic heterocycles. The Bertz CT molecular complexity index is 567. The zero-order valence-corrected chi connectivity index (χ0v) is 12.0. The largest absolute Gasteiger partial charge is 0.497 e. The first-order valence-corrected chi connectivity index (χ1v) is 6.59. The highest BCUT2D eigenvalue weighted by atomic mass is 19.1. The van der Waals surface area contributed by atoms with E-state index in [0.717, 1.165) is 28.0 Å². The van der Waals surface area contributed by atoms with E-state index in [4.69, 9.17) is 4.74 Å². The highest BCUT2D eigenvalue weighted by Crippen LogP contribution is 2.26. The summed E-state index contributed by atoms with van der Waals surface area (Å²) in [6.45, 7) is 3.64. The molecule has 0 radical (unpaired) electrons. The molecule has 0 bridgehead atoms. The number of benzene rings is 2. The van der Waals surface area contributed by atoms with E-state index in [9.17, 15) is 9.50 Å². The van der Waals surface area contributed by atoms with Gasteiger partial charge in [0.05, 0.1) is 13.2 Å². The Kier molecular flexibility index (Phi) is 4.40. The molecule has 2 nitrogen and oxygen atoms in total. The van der Waals surface area contributed by atoms with Gasteiger partial charge in [-0.1, -0.05) is 12.1 Å². The zero-order valence-electron chi connectivity index (χ0n) is 12.0. The highest BCUT2D eigenvalue weighted by Gasteiger charge is 2.15. The lowest BCUT2D eigenvalue weighted by atomic mass is 9.93. The van der Waals surface area contributed by atoms with Crippen LogP contribution >= 0.6 is 0 Å². The van der Waals surface area contributed by atoms with E-state index in [1.807, 2.05) is 38.1 Å². The fraction of sp³-hybridized carbons (Fsp3) is 0.294. The van der Waals surface area contributed by atoms with Gasteiger partial charge in [0.25, 0.3) is 0 Å². The second-order valence-electron chi connectivity index (χ2n) is 5.02. The van der Waals surface area contributed by atoms with Gasteiger partial charge in [0.15, 0.2) is 0 Å². The third-order valence-corrected chi connectivity index (χ3v) is 3.48. The number of hydrogen-bond donors (Lipinski definition) is 1. The molecule has 3 heteroatoms. The number of halogens is 1. The number of aliphatic hydroxyl groups is 1. The third-order valence-electron chi connectivity index (χ3n) is 3.48. The van der Waals surface area contributed by atoms with Gasteiger partial charge in [0.2, 0.25) is 0 Å². The van der Waals surface area contributed by atoms with Gasteiger partial charge in [-0.2, -0.15) is 0 Å². The van der Waals surface area contributed by atoms with Crippen molar-refractivity contribution in [2.45, 2.75) is 26.4 Å². The minimum Gasteiger partial charge on any atom is -0.497 e. The molecule has 0 aliphatic heterocycles. The Labute approximate surface area is 118 Å². The summed E-state index contributed by atoms with van der Waals surface area (Å²) >= 11 is 0. The predicted octanol–water partition coefficient (Wildman–Crippen LogP) is 3.73. The van der Waals surface area contributed by atoms with Crippen molar-refractivity contribution in [2.75, 3.05) is 7.11 Å². The summed E-state index contributed by atoms with van der Waals surface area (Å²) in [6.07, 6.45) is -0.138. The Morgan fingerprint density at radius 3 is 2.15 bits per heavy atom. The lowest BCUT2D eigenvalue weighted by molar-refractivity contribution is 0.177. The van der Waals surface area contributed by atoms with E-state index in [1.54, 1.807) is 7.11 Å². The van der Waals surface area contributed by atoms with Gasteiger partial charge < -0.3 is 9.84 Å². The number of rotatable bonds is 4. The molecule has 106 valence electrons. The van der Waals surface area contributed by atoms with E-state index in [2.05, 4.69) is 0 Å². The Hall–Kier alpha value is -1.87. The number of aliphatic hydroxyl groups excluding tert-OH is 1. The van der Waals surface area contributed by atoms with Crippen LogP contribution in [0.4, 0.5) is 4.39 Å². The van der Waals surface area contributed by atoms with Crippen LogP contribution in [0.1, 0.15) is 28.4 Å². The third kappa shape index (κ3) is 3.17. The summed E-state index contributed by atoms with van der Waals surface area (Å²) in [5.74, 6) is 0.526. The van der Waals surface area contributed by atoms with Crippen molar-refractivity contribution >= 4 is 0 Å². The molecule has 0 amide bonds. The van der Waals surface area contributed by atoms with Crippen LogP contribution in [0, 0.1) is 19.7 Å². The lowest BCUT2D eigenvalue weighted by Gasteiger charge is -2.17. The first-order valence-electron chi connectivity index (χ1n) is 6.59. The molecule has 1 atom stereocenters. The van der Waals surface area contributed by atoms with Gasteiger partial charge in [-0.25, -0.2) is 4.39 Å². The minimum absolute atomic E-state index is 0.264. The molecule has 1 N–H and O–H groups in total. The summed E-state index contributed by atoms with van der Waals surface area (Å²) in [5.41, 5.74) is 3.38. The van der Waals surface area contributed by atoms with E-state index in [0.29, 0.717) is 6.42 Å². The fourth-order valence-electron chi connectivity index (χ4n) is 2.53. The first kappa shape index (κ1) is 14.5. The molecule has 0 fully saturated rings. The maximum atomic E-state index is 13.3. The predicted molar refractivity (Wildman–Crippen MR) is 77.5 cm³/mol. The number of methoxy groups -OCH3 is 1. The molecule has 1 unspecified atom stereocenters. The smallest absolute Gasteiger partial charge is 0.123 e. The summed E-state index contributed by atoms with van der Waals surface area (Å²) in [6, 6.07) is 10.5. The van der Waals surface area contributed by atoms with Crippen molar-refractivity contribution in [2.24, 2.45) is 0 Å². The van der Waals surface area contributed by atoms with Crippen LogP contribution in [0.3, 0.4) is 0 Å². The molecule has 0 saturated carbocycles. The molecule has 2 rings (SSSR count). The topological polar surface area (TPSA) is 29.5 Å². The van der Waals surface area contributed by atoms with Gasteiger partial charge in [-0.05, 0) is 60.4 Å². The summed E-state index contributed by atoms with van der Waals surface area (Å²) in [5, 5.41) is 10.4. The van der Waals surface area contributed by atoms with E-state index < -0.39 is 6.10 Å². The van der Waals surface area contributed by atoms with Crippen LogP contribution in [0.15, 0.2) is 36.4 Å². The van der Waals surface area contributed by atoms with Crippen LogP contribution < -0.4 is 4.74 Å². The minimum atomic E-state index is -0.635. The number of ether oxygens (including phenoxy) is 1. The Morgan fingerprint density at radius 2 is 1.65 bits per heavy atom.